The zero-order valence-corrected chi connectivity index (χ0v) is 13.0. The van der Waals surface area contributed by atoms with Gasteiger partial charge in [0.25, 0.3) is 0 Å². The lowest BCUT2D eigenvalue weighted by Crippen LogP contribution is -2.50. The van der Waals surface area contributed by atoms with E-state index in [1.165, 1.54) is 32.1 Å². The molecule has 20 heavy (non-hydrogen) atoms. The van der Waals surface area contributed by atoms with E-state index in [1.54, 1.807) is 0 Å². The van der Waals surface area contributed by atoms with Crippen LogP contribution in [-0.2, 0) is 4.79 Å². The van der Waals surface area contributed by atoms with Crippen molar-refractivity contribution in [2.75, 3.05) is 26.7 Å². The maximum absolute atomic E-state index is 12.1. The summed E-state index contributed by atoms with van der Waals surface area (Å²) in [4.78, 5) is 14.6. The van der Waals surface area contributed by atoms with E-state index in [-0.39, 0.29) is 11.3 Å². The molecule has 0 aliphatic heterocycles. The van der Waals surface area contributed by atoms with E-state index in [0.717, 1.165) is 44.8 Å². The Kier molecular flexibility index (Phi) is 5.85. The molecule has 1 amide bonds. The van der Waals surface area contributed by atoms with Crippen molar-refractivity contribution in [2.24, 2.45) is 11.1 Å². The molecule has 4 heteroatoms. The van der Waals surface area contributed by atoms with Crippen molar-refractivity contribution in [3.63, 3.8) is 0 Å². The zero-order chi connectivity index (χ0) is 14.4. The predicted molar refractivity (Wildman–Crippen MR) is 82.5 cm³/mol. The van der Waals surface area contributed by atoms with Crippen LogP contribution in [0.3, 0.4) is 0 Å². The summed E-state index contributed by atoms with van der Waals surface area (Å²) in [6.07, 6.45) is 11.0. The first-order chi connectivity index (χ1) is 9.68. The molecule has 0 aromatic rings. The Morgan fingerprint density at radius 1 is 1.25 bits per heavy atom. The largest absolute Gasteiger partial charge is 0.356 e. The topological polar surface area (TPSA) is 58.4 Å². The van der Waals surface area contributed by atoms with Gasteiger partial charge in [0.2, 0.25) is 5.91 Å². The molecule has 0 aromatic heterocycles. The Morgan fingerprint density at radius 2 is 1.95 bits per heavy atom. The minimum atomic E-state index is -0.227. The van der Waals surface area contributed by atoms with Crippen molar-refractivity contribution in [3.05, 3.63) is 0 Å². The fourth-order valence-corrected chi connectivity index (χ4v) is 3.55. The van der Waals surface area contributed by atoms with E-state index in [4.69, 9.17) is 5.73 Å². The van der Waals surface area contributed by atoms with Crippen molar-refractivity contribution >= 4 is 5.91 Å². The first-order valence-electron chi connectivity index (χ1n) is 8.36. The van der Waals surface area contributed by atoms with E-state index in [1.807, 2.05) is 0 Å². The normalized spacial score (nSPS) is 22.6. The van der Waals surface area contributed by atoms with Crippen LogP contribution in [0.4, 0.5) is 0 Å². The minimum Gasteiger partial charge on any atom is -0.356 e. The lowest BCUT2D eigenvalue weighted by Gasteiger charge is -2.39. The molecular formula is C16H31N3O. The molecule has 0 aromatic carbocycles. The molecule has 2 saturated carbocycles. The highest BCUT2D eigenvalue weighted by molar-refractivity contribution is 5.83. The van der Waals surface area contributed by atoms with Gasteiger partial charge in [-0.25, -0.2) is 0 Å². The molecule has 0 atom stereocenters. The van der Waals surface area contributed by atoms with Crippen LogP contribution in [0.15, 0.2) is 0 Å². The maximum atomic E-state index is 12.1. The summed E-state index contributed by atoms with van der Waals surface area (Å²) in [5, 5.41) is 3.09. The number of carbonyl (C=O) groups is 1. The summed E-state index contributed by atoms with van der Waals surface area (Å²) in [6.45, 7) is 2.37. The van der Waals surface area contributed by atoms with E-state index >= 15 is 0 Å². The van der Waals surface area contributed by atoms with Crippen LogP contribution in [0.5, 0.6) is 0 Å². The Bertz CT molecular complexity index is 303. The molecule has 0 saturated heterocycles. The van der Waals surface area contributed by atoms with Crippen LogP contribution in [0, 0.1) is 5.41 Å². The number of carbonyl (C=O) groups excluding carboxylic acids is 1. The molecule has 2 rings (SSSR count). The van der Waals surface area contributed by atoms with Crippen LogP contribution in [0.25, 0.3) is 0 Å². The smallest absolute Gasteiger partial charge is 0.227 e. The van der Waals surface area contributed by atoms with E-state index < -0.39 is 0 Å². The highest BCUT2D eigenvalue weighted by Gasteiger charge is 2.42. The van der Waals surface area contributed by atoms with Gasteiger partial charge in [0.1, 0.15) is 0 Å². The van der Waals surface area contributed by atoms with Crippen molar-refractivity contribution in [3.8, 4) is 0 Å². The van der Waals surface area contributed by atoms with E-state index in [2.05, 4.69) is 17.3 Å². The third-order valence-corrected chi connectivity index (χ3v) is 5.35. The monoisotopic (exact) mass is 281 g/mol. The molecule has 3 N–H and O–H groups in total. The first kappa shape index (κ1) is 15.8. The highest BCUT2D eigenvalue weighted by atomic mass is 16.2. The average Bonchev–Trinajstić information content (AvgIpc) is 2.44. The number of nitrogens with one attached hydrogen (secondary N) is 1. The molecule has 2 aliphatic rings. The Balaban J connectivity index is 1.60. The van der Waals surface area contributed by atoms with Crippen LogP contribution in [0.1, 0.15) is 57.8 Å². The quantitative estimate of drug-likeness (QED) is 0.701. The Morgan fingerprint density at radius 3 is 2.50 bits per heavy atom. The van der Waals surface area contributed by atoms with Crippen molar-refractivity contribution < 1.29 is 4.79 Å². The second-order valence-corrected chi connectivity index (χ2v) is 6.72. The van der Waals surface area contributed by atoms with E-state index in [0.29, 0.717) is 6.54 Å². The van der Waals surface area contributed by atoms with Gasteiger partial charge in [-0.05, 0) is 45.7 Å². The van der Waals surface area contributed by atoms with Crippen LogP contribution >= 0.6 is 0 Å². The Labute approximate surface area is 123 Å². The number of amides is 1. The number of nitrogens with two attached hydrogens (primary N) is 1. The summed E-state index contributed by atoms with van der Waals surface area (Å²) in [5.41, 5.74) is 5.52. The van der Waals surface area contributed by atoms with Crippen molar-refractivity contribution in [2.45, 2.75) is 63.8 Å². The lowest BCUT2D eigenvalue weighted by atomic mass is 9.68. The maximum Gasteiger partial charge on any atom is 0.227 e. The van der Waals surface area contributed by atoms with Gasteiger partial charge in [-0.15, -0.1) is 0 Å². The number of nitrogens with zero attached hydrogens (tertiary/aromatic N) is 1. The van der Waals surface area contributed by atoms with Crippen molar-refractivity contribution in [1.82, 2.24) is 10.2 Å². The second-order valence-electron chi connectivity index (χ2n) is 6.72. The van der Waals surface area contributed by atoms with Crippen LogP contribution in [-0.4, -0.2) is 43.5 Å². The second kappa shape index (κ2) is 7.41. The van der Waals surface area contributed by atoms with Crippen LogP contribution < -0.4 is 11.1 Å². The van der Waals surface area contributed by atoms with Crippen molar-refractivity contribution in [1.29, 1.82) is 0 Å². The van der Waals surface area contributed by atoms with Gasteiger partial charge in [0.05, 0.1) is 5.41 Å². The third kappa shape index (κ3) is 3.73. The third-order valence-electron chi connectivity index (χ3n) is 5.35. The molecule has 0 spiro atoms. The first-order valence-corrected chi connectivity index (χ1v) is 8.36. The van der Waals surface area contributed by atoms with E-state index in [9.17, 15) is 4.79 Å². The molecule has 0 unspecified atom stereocenters. The summed E-state index contributed by atoms with van der Waals surface area (Å²) in [5.74, 6) is 0.187. The van der Waals surface area contributed by atoms with Gasteiger partial charge in [-0.1, -0.05) is 25.7 Å². The SMILES string of the molecule is CN(CCCNC(=O)C1(CN)CCC1)C1CCCCC1. The van der Waals surface area contributed by atoms with Gasteiger partial charge >= 0.3 is 0 Å². The fourth-order valence-electron chi connectivity index (χ4n) is 3.55. The molecule has 2 aliphatic carbocycles. The molecule has 4 nitrogen and oxygen atoms in total. The van der Waals surface area contributed by atoms with Gasteiger partial charge in [-0.3, -0.25) is 4.79 Å². The number of rotatable bonds is 7. The molecule has 0 heterocycles. The fraction of sp³-hybridized carbons (Fsp3) is 0.938. The predicted octanol–water partition coefficient (Wildman–Crippen LogP) is 1.89. The van der Waals surface area contributed by atoms with Gasteiger partial charge < -0.3 is 16.0 Å². The lowest BCUT2D eigenvalue weighted by molar-refractivity contribution is -0.135. The Hall–Kier alpha value is -0.610. The standard InChI is InChI=1S/C16H31N3O/c1-19(14-7-3-2-4-8-14)12-6-11-18-15(20)16(13-17)9-5-10-16/h14H,2-13,17H2,1H3,(H,18,20). The molecule has 0 bridgehead atoms. The number of hydrogen-bond donors (Lipinski definition) is 2. The molecule has 0 radical (unpaired) electrons. The molecule has 116 valence electrons. The zero-order valence-electron chi connectivity index (χ0n) is 13.0. The number of hydrogen-bond acceptors (Lipinski definition) is 3. The average molecular weight is 281 g/mol. The molecule has 2 fully saturated rings. The molecular weight excluding hydrogens is 250 g/mol. The minimum absolute atomic E-state index is 0.187. The summed E-state index contributed by atoms with van der Waals surface area (Å²) >= 11 is 0. The van der Waals surface area contributed by atoms with Gasteiger partial charge in [-0.2, -0.15) is 0 Å². The van der Waals surface area contributed by atoms with Gasteiger partial charge in [0.15, 0.2) is 0 Å². The van der Waals surface area contributed by atoms with Crippen LogP contribution in [0.2, 0.25) is 0 Å². The van der Waals surface area contributed by atoms with Gasteiger partial charge in [0, 0.05) is 19.1 Å². The summed E-state index contributed by atoms with van der Waals surface area (Å²) in [7, 11) is 2.23. The summed E-state index contributed by atoms with van der Waals surface area (Å²) < 4.78 is 0. The summed E-state index contributed by atoms with van der Waals surface area (Å²) in [6, 6.07) is 0.765. The highest BCUT2D eigenvalue weighted by Crippen LogP contribution is 2.39.